The van der Waals surface area contributed by atoms with Gasteiger partial charge in [-0.2, -0.15) is 4.31 Å². The molecule has 0 spiro atoms. The molecular formula is C28H37N3O4S. The van der Waals surface area contributed by atoms with E-state index >= 15 is 0 Å². The lowest BCUT2D eigenvalue weighted by Crippen LogP contribution is -2.48. The van der Waals surface area contributed by atoms with Gasteiger partial charge in [-0.1, -0.05) is 56.0 Å². The van der Waals surface area contributed by atoms with Gasteiger partial charge in [0.05, 0.1) is 6.61 Å². The van der Waals surface area contributed by atoms with Gasteiger partial charge in [0.2, 0.25) is 10.0 Å². The summed E-state index contributed by atoms with van der Waals surface area (Å²) >= 11 is 0. The average Bonchev–Trinajstić information content (AvgIpc) is 2.86. The van der Waals surface area contributed by atoms with Gasteiger partial charge in [-0.05, 0) is 49.7 Å². The first-order chi connectivity index (χ1) is 17.1. The van der Waals surface area contributed by atoms with Crippen LogP contribution < -0.4 is 0 Å². The largest absolute Gasteiger partial charge is 0.492 e. The van der Waals surface area contributed by atoms with Gasteiger partial charge in [-0.15, -0.1) is 0 Å². The number of rotatable bonds is 9. The van der Waals surface area contributed by atoms with Gasteiger partial charge >= 0.3 is 0 Å². The van der Waals surface area contributed by atoms with Crippen LogP contribution in [0.2, 0.25) is 0 Å². The first-order valence-corrected chi connectivity index (χ1v) is 13.6. The van der Waals surface area contributed by atoms with Gasteiger partial charge in [-0.25, -0.2) is 8.42 Å². The van der Waals surface area contributed by atoms with E-state index in [-0.39, 0.29) is 30.1 Å². The molecule has 1 N–H and O–H groups in total. The summed E-state index contributed by atoms with van der Waals surface area (Å²) in [5.41, 5.74) is 2.68. The van der Waals surface area contributed by atoms with Gasteiger partial charge in [0.15, 0.2) is 0 Å². The van der Waals surface area contributed by atoms with E-state index < -0.39 is 16.1 Å². The highest BCUT2D eigenvalue weighted by Gasteiger charge is 2.37. The third kappa shape index (κ3) is 6.91. The van der Waals surface area contributed by atoms with Gasteiger partial charge in [-0.3, -0.25) is 9.88 Å². The van der Waals surface area contributed by atoms with E-state index in [4.69, 9.17) is 4.74 Å². The molecule has 8 heteroatoms. The highest BCUT2D eigenvalue weighted by atomic mass is 32.2. The topological polar surface area (TPSA) is 83.0 Å². The van der Waals surface area contributed by atoms with Crippen LogP contribution in [0.1, 0.15) is 31.9 Å². The van der Waals surface area contributed by atoms with E-state index in [0.29, 0.717) is 24.4 Å². The van der Waals surface area contributed by atoms with Crippen LogP contribution in [0.25, 0.3) is 5.57 Å². The molecule has 0 fully saturated rings. The van der Waals surface area contributed by atoms with Crippen molar-refractivity contribution in [1.29, 1.82) is 0 Å². The minimum Gasteiger partial charge on any atom is -0.492 e. The van der Waals surface area contributed by atoms with Crippen molar-refractivity contribution in [3.05, 3.63) is 95.4 Å². The van der Waals surface area contributed by atoms with E-state index in [1.54, 1.807) is 32.2 Å². The molecule has 1 aromatic carbocycles. The molecule has 3 atom stereocenters. The van der Waals surface area contributed by atoms with E-state index in [9.17, 15) is 13.5 Å². The fourth-order valence-corrected chi connectivity index (χ4v) is 6.11. The number of aliphatic hydroxyl groups excluding tert-OH is 1. The molecule has 2 aromatic rings. The number of likely N-dealkylation sites (N-methyl/N-ethyl adjacent to an activating group) is 1. The second-order valence-electron chi connectivity index (χ2n) is 9.44. The number of aromatic nitrogens is 1. The smallest absolute Gasteiger partial charge is 0.246 e. The molecule has 36 heavy (non-hydrogen) atoms. The normalized spacial score (nSPS) is 23.7. The van der Waals surface area contributed by atoms with E-state index in [2.05, 4.69) is 16.5 Å². The monoisotopic (exact) mass is 511 g/mol. The predicted molar refractivity (Wildman–Crippen MR) is 144 cm³/mol. The van der Waals surface area contributed by atoms with Gasteiger partial charge < -0.3 is 9.84 Å². The maximum Gasteiger partial charge on any atom is 0.246 e. The minimum atomic E-state index is -3.92. The quantitative estimate of drug-likeness (QED) is 0.511. The molecule has 0 radical (unpaired) electrons. The van der Waals surface area contributed by atoms with Crippen LogP contribution in [0, 0.1) is 5.92 Å². The minimum absolute atomic E-state index is 0.0756. The highest BCUT2D eigenvalue weighted by molar-refractivity contribution is 7.93. The summed E-state index contributed by atoms with van der Waals surface area (Å²) in [4.78, 5) is 6.41. The molecule has 2 heterocycles. The van der Waals surface area contributed by atoms with Crippen molar-refractivity contribution in [3.63, 3.8) is 0 Å². The lowest BCUT2D eigenvalue weighted by molar-refractivity contribution is 0.0287. The molecular weight excluding hydrogens is 474 g/mol. The van der Waals surface area contributed by atoms with Crippen molar-refractivity contribution < 1.29 is 18.3 Å². The number of ether oxygens (including phenoxy) is 1. The lowest BCUT2D eigenvalue weighted by atomic mass is 10.0. The second-order valence-corrected chi connectivity index (χ2v) is 11.3. The van der Waals surface area contributed by atoms with Crippen LogP contribution in [0.3, 0.4) is 0 Å². The van der Waals surface area contributed by atoms with Crippen molar-refractivity contribution in [1.82, 2.24) is 14.2 Å². The molecule has 3 rings (SSSR count). The number of sulfonamides is 1. The van der Waals surface area contributed by atoms with Crippen LogP contribution in [-0.2, 0) is 21.3 Å². The summed E-state index contributed by atoms with van der Waals surface area (Å²) in [7, 11) is -1.91. The number of allylic oxidation sites excluding steroid dienone is 4. The maximum absolute atomic E-state index is 13.7. The van der Waals surface area contributed by atoms with Crippen molar-refractivity contribution in [2.24, 2.45) is 5.92 Å². The van der Waals surface area contributed by atoms with Crippen LogP contribution in [0.5, 0.6) is 0 Å². The average molecular weight is 512 g/mol. The van der Waals surface area contributed by atoms with Gasteiger partial charge in [0.25, 0.3) is 0 Å². The standard InChI is InChI=1S/C28H37N3O4S/c1-21(26-11-7-6-8-12-26)13-14-28-24(4)35-27(19-30(5)18-25-10-9-15-29-16-25)22(2)17-31(23(3)20-32)36(28,33)34/h6-16,22-23,27,32H,1,17-20H2,2-5H3/b14-13-,28-24-/t22-,23+,27?/m1/s1. The molecule has 0 aliphatic carbocycles. The molecule has 0 amide bonds. The van der Waals surface area contributed by atoms with Crippen LogP contribution in [-0.4, -0.2) is 66.6 Å². The molecule has 0 saturated carbocycles. The van der Waals surface area contributed by atoms with Crippen molar-refractivity contribution in [2.75, 3.05) is 26.7 Å². The summed E-state index contributed by atoms with van der Waals surface area (Å²) in [6, 6.07) is 12.9. The Morgan fingerprint density at radius 3 is 2.67 bits per heavy atom. The molecule has 1 aliphatic heterocycles. The predicted octanol–water partition coefficient (Wildman–Crippen LogP) is 4.06. The van der Waals surface area contributed by atoms with E-state index in [0.717, 1.165) is 11.1 Å². The molecule has 7 nitrogen and oxygen atoms in total. The number of pyridine rings is 1. The Morgan fingerprint density at radius 2 is 2.03 bits per heavy atom. The summed E-state index contributed by atoms with van der Waals surface area (Å²) in [6.45, 7) is 10.7. The molecule has 194 valence electrons. The Bertz CT molecular complexity index is 1180. The van der Waals surface area contributed by atoms with Crippen molar-refractivity contribution in [2.45, 2.75) is 39.5 Å². The number of benzene rings is 1. The summed E-state index contributed by atoms with van der Waals surface area (Å²) in [5.74, 6) is 0.221. The first kappa shape index (κ1) is 27.8. The molecule has 1 aliphatic rings. The zero-order valence-electron chi connectivity index (χ0n) is 21.5. The Balaban J connectivity index is 1.93. The van der Waals surface area contributed by atoms with Crippen LogP contribution >= 0.6 is 0 Å². The zero-order chi connectivity index (χ0) is 26.3. The Morgan fingerprint density at radius 1 is 1.31 bits per heavy atom. The Hall–Kier alpha value is -2.78. The fourth-order valence-electron chi connectivity index (χ4n) is 4.24. The maximum atomic E-state index is 13.7. The number of aliphatic hydroxyl groups is 1. The van der Waals surface area contributed by atoms with Crippen molar-refractivity contribution >= 4 is 15.6 Å². The van der Waals surface area contributed by atoms with Crippen LogP contribution in [0.15, 0.2) is 84.3 Å². The number of hydrogen-bond donors (Lipinski definition) is 1. The molecule has 1 unspecified atom stereocenters. The molecule has 0 saturated heterocycles. The van der Waals surface area contributed by atoms with E-state index in [1.165, 1.54) is 4.31 Å². The summed E-state index contributed by atoms with van der Waals surface area (Å²) < 4.78 is 35.2. The van der Waals surface area contributed by atoms with Gasteiger partial charge in [0.1, 0.15) is 16.8 Å². The van der Waals surface area contributed by atoms with E-state index in [1.807, 2.05) is 62.6 Å². The molecule has 0 bridgehead atoms. The third-order valence-corrected chi connectivity index (χ3v) is 8.47. The van der Waals surface area contributed by atoms with Crippen LogP contribution in [0.4, 0.5) is 0 Å². The van der Waals surface area contributed by atoms with Gasteiger partial charge in [0, 0.05) is 44.0 Å². The second kappa shape index (κ2) is 12.5. The Kier molecular flexibility index (Phi) is 9.62. The summed E-state index contributed by atoms with van der Waals surface area (Å²) in [6.07, 6.45) is 6.59. The first-order valence-electron chi connectivity index (χ1n) is 12.1. The summed E-state index contributed by atoms with van der Waals surface area (Å²) in [5, 5.41) is 9.86. The number of hydrogen-bond acceptors (Lipinski definition) is 6. The number of nitrogens with zero attached hydrogens (tertiary/aromatic N) is 3. The third-order valence-electron chi connectivity index (χ3n) is 6.37. The SMILES string of the molecule is C=C(/C=C\C1=C(/C)OC(CN(C)Cc2cccnc2)[C@H](C)CN([C@@H](C)CO)S1(=O)=O)c1ccccc1. The molecule has 1 aromatic heterocycles. The Labute approximate surface area is 215 Å². The van der Waals surface area contributed by atoms with Crippen molar-refractivity contribution in [3.8, 4) is 0 Å². The zero-order valence-corrected chi connectivity index (χ0v) is 22.4. The highest BCUT2D eigenvalue weighted by Crippen LogP contribution is 2.30. The lowest BCUT2D eigenvalue weighted by Gasteiger charge is -2.37. The fraction of sp³-hybridized carbons (Fsp3) is 0.393.